The molecule has 1 aliphatic carbocycles. The van der Waals surface area contributed by atoms with Gasteiger partial charge in [-0.1, -0.05) is 0 Å². The highest BCUT2D eigenvalue weighted by Crippen LogP contribution is 2.39. The third kappa shape index (κ3) is 3.92. The summed E-state index contributed by atoms with van der Waals surface area (Å²) in [5.74, 6) is 2.50. The summed E-state index contributed by atoms with van der Waals surface area (Å²) in [5.41, 5.74) is 7.03. The molecule has 0 aliphatic heterocycles. The number of hydrogen-bond donors (Lipinski definition) is 1. The molecule has 1 saturated carbocycles. The molecule has 0 bridgehead atoms. The lowest BCUT2D eigenvalue weighted by Gasteiger charge is -2.24. The van der Waals surface area contributed by atoms with E-state index in [-0.39, 0.29) is 0 Å². The summed E-state index contributed by atoms with van der Waals surface area (Å²) in [4.78, 5) is 0. The van der Waals surface area contributed by atoms with E-state index in [1.807, 2.05) is 6.07 Å². The maximum absolute atomic E-state index is 5.90. The van der Waals surface area contributed by atoms with Gasteiger partial charge in [-0.25, -0.2) is 14.7 Å². The van der Waals surface area contributed by atoms with Crippen LogP contribution in [0.25, 0.3) is 0 Å². The maximum atomic E-state index is 5.90. The summed E-state index contributed by atoms with van der Waals surface area (Å²) < 4.78 is 7.40. The molecule has 1 aromatic rings. The summed E-state index contributed by atoms with van der Waals surface area (Å²) in [6.45, 7) is 1.27. The Kier molecular flexibility index (Phi) is 3.68. The minimum Gasteiger partial charge on any atom is -0.384 e. The van der Waals surface area contributed by atoms with Gasteiger partial charge < -0.3 is 10.5 Å². The van der Waals surface area contributed by atoms with E-state index in [1.165, 1.54) is 12.8 Å². The number of rotatable bonds is 6. The fourth-order valence-corrected chi connectivity index (χ4v) is 2.21. The highest BCUT2D eigenvalue weighted by molar-refractivity contribution is 8.32. The van der Waals surface area contributed by atoms with Crippen molar-refractivity contribution >= 4 is 15.8 Å². The SMILES string of the molecule is CS(C)(C)CCOCn1nc(C2CC2)cc1N. The Morgan fingerprint density at radius 3 is 2.76 bits per heavy atom. The maximum Gasteiger partial charge on any atom is 0.141 e. The van der Waals surface area contributed by atoms with E-state index in [2.05, 4.69) is 23.9 Å². The minimum atomic E-state index is -0.473. The smallest absolute Gasteiger partial charge is 0.141 e. The standard InChI is InChI=1S/C12H23N3OS/c1-17(2,3)7-6-16-9-15-12(13)8-11(14-15)10-4-5-10/h8,10H,4-7,9,13H2,1-3H3. The van der Waals surface area contributed by atoms with E-state index >= 15 is 0 Å². The Hall–Kier alpha value is -0.680. The monoisotopic (exact) mass is 257 g/mol. The van der Waals surface area contributed by atoms with E-state index in [0.29, 0.717) is 12.6 Å². The summed E-state index contributed by atoms with van der Waals surface area (Å²) >= 11 is 0. The van der Waals surface area contributed by atoms with Crippen LogP contribution in [0.3, 0.4) is 0 Å². The van der Waals surface area contributed by atoms with Crippen LogP contribution in [0.15, 0.2) is 6.07 Å². The Morgan fingerprint density at radius 1 is 1.47 bits per heavy atom. The predicted molar refractivity (Wildman–Crippen MR) is 74.8 cm³/mol. The fourth-order valence-electron chi connectivity index (χ4n) is 1.59. The molecule has 0 unspecified atom stereocenters. The molecule has 0 spiro atoms. The lowest BCUT2D eigenvalue weighted by Crippen LogP contribution is -2.12. The Balaban J connectivity index is 1.78. The Labute approximate surface area is 105 Å². The molecule has 0 amide bonds. The molecule has 1 aliphatic rings. The molecule has 0 radical (unpaired) electrons. The average Bonchev–Trinajstić information content (AvgIpc) is 2.98. The number of hydrogen-bond acceptors (Lipinski definition) is 3. The highest BCUT2D eigenvalue weighted by Gasteiger charge is 2.26. The van der Waals surface area contributed by atoms with Gasteiger partial charge in [-0.15, -0.1) is 0 Å². The van der Waals surface area contributed by atoms with E-state index in [1.54, 1.807) is 4.68 Å². The number of nitrogens with two attached hydrogens (primary N) is 1. The van der Waals surface area contributed by atoms with E-state index in [0.717, 1.165) is 23.9 Å². The summed E-state index contributed by atoms with van der Waals surface area (Å²) in [7, 11) is -0.473. The normalized spacial score (nSPS) is 17.4. The first-order valence-corrected chi connectivity index (χ1v) is 9.05. The topological polar surface area (TPSA) is 53.1 Å². The molecule has 0 saturated heterocycles. The number of aromatic nitrogens is 2. The number of ether oxygens (including phenoxy) is 1. The third-order valence-corrected chi connectivity index (χ3v) is 4.27. The average molecular weight is 257 g/mol. The van der Waals surface area contributed by atoms with E-state index < -0.39 is 10.0 Å². The zero-order valence-corrected chi connectivity index (χ0v) is 11.8. The predicted octanol–water partition coefficient (Wildman–Crippen LogP) is 2.01. The van der Waals surface area contributed by atoms with Crippen molar-refractivity contribution < 1.29 is 4.74 Å². The van der Waals surface area contributed by atoms with Crippen molar-refractivity contribution in [1.82, 2.24) is 9.78 Å². The molecule has 17 heavy (non-hydrogen) atoms. The van der Waals surface area contributed by atoms with Crippen LogP contribution in [-0.2, 0) is 11.5 Å². The Morgan fingerprint density at radius 2 is 2.18 bits per heavy atom. The van der Waals surface area contributed by atoms with Crippen molar-refractivity contribution in [3.8, 4) is 0 Å². The van der Waals surface area contributed by atoms with Crippen molar-refractivity contribution in [3.05, 3.63) is 11.8 Å². The second-order valence-corrected chi connectivity index (χ2v) is 10.2. The van der Waals surface area contributed by atoms with Crippen LogP contribution in [0.1, 0.15) is 24.5 Å². The van der Waals surface area contributed by atoms with Crippen molar-refractivity contribution in [2.24, 2.45) is 0 Å². The zero-order chi connectivity index (χ0) is 12.5. The van der Waals surface area contributed by atoms with Crippen LogP contribution in [0.2, 0.25) is 0 Å². The number of nitrogen functional groups attached to an aromatic ring is 1. The second-order valence-electron chi connectivity index (χ2n) is 5.60. The van der Waals surface area contributed by atoms with Crippen LogP contribution in [0.4, 0.5) is 5.82 Å². The second kappa shape index (κ2) is 4.90. The molecule has 5 heteroatoms. The molecule has 1 aromatic heterocycles. The first-order valence-electron chi connectivity index (χ1n) is 6.03. The van der Waals surface area contributed by atoms with Gasteiger partial charge in [0.05, 0.1) is 12.3 Å². The van der Waals surface area contributed by atoms with Crippen LogP contribution in [0.5, 0.6) is 0 Å². The number of anilines is 1. The first kappa shape index (κ1) is 12.8. The van der Waals surface area contributed by atoms with Gasteiger partial charge >= 0.3 is 0 Å². The lowest BCUT2D eigenvalue weighted by atomic mass is 10.3. The molecule has 98 valence electrons. The van der Waals surface area contributed by atoms with E-state index in [4.69, 9.17) is 10.5 Å². The highest BCUT2D eigenvalue weighted by atomic mass is 32.3. The summed E-state index contributed by atoms with van der Waals surface area (Å²) in [5, 5.41) is 4.48. The molecule has 0 aromatic carbocycles. The Bertz CT molecular complexity index is 380. The van der Waals surface area contributed by atoms with Crippen molar-refractivity contribution in [2.75, 3.05) is 36.9 Å². The first-order chi connectivity index (χ1) is 7.96. The van der Waals surface area contributed by atoms with Gasteiger partial charge in [0, 0.05) is 17.7 Å². The minimum absolute atomic E-state index is 0.473. The lowest BCUT2D eigenvalue weighted by molar-refractivity contribution is 0.0822. The van der Waals surface area contributed by atoms with Gasteiger partial charge in [-0.2, -0.15) is 5.10 Å². The fraction of sp³-hybridized carbons (Fsp3) is 0.750. The molecule has 4 nitrogen and oxygen atoms in total. The van der Waals surface area contributed by atoms with Gasteiger partial charge in [0.1, 0.15) is 12.5 Å². The van der Waals surface area contributed by atoms with Crippen molar-refractivity contribution in [2.45, 2.75) is 25.5 Å². The van der Waals surface area contributed by atoms with Crippen LogP contribution < -0.4 is 5.73 Å². The molecule has 2 N–H and O–H groups in total. The number of nitrogens with zero attached hydrogens (tertiary/aromatic N) is 2. The van der Waals surface area contributed by atoms with Crippen molar-refractivity contribution in [3.63, 3.8) is 0 Å². The molecule has 1 heterocycles. The summed E-state index contributed by atoms with van der Waals surface area (Å²) in [6.07, 6.45) is 9.40. The molecular weight excluding hydrogens is 234 g/mol. The van der Waals surface area contributed by atoms with Gasteiger partial charge in [-0.3, -0.25) is 0 Å². The van der Waals surface area contributed by atoms with Gasteiger partial charge in [0.15, 0.2) is 0 Å². The van der Waals surface area contributed by atoms with Crippen molar-refractivity contribution in [1.29, 1.82) is 0 Å². The quantitative estimate of drug-likeness (QED) is 0.793. The van der Waals surface area contributed by atoms with Crippen LogP contribution in [-0.4, -0.2) is 40.9 Å². The third-order valence-electron chi connectivity index (χ3n) is 2.88. The molecule has 0 atom stereocenters. The molecular formula is C12H23N3OS. The van der Waals surface area contributed by atoms with Gasteiger partial charge in [0.2, 0.25) is 0 Å². The van der Waals surface area contributed by atoms with Gasteiger partial charge in [-0.05, 0) is 31.6 Å². The van der Waals surface area contributed by atoms with Crippen LogP contribution >= 0.6 is 10.0 Å². The summed E-state index contributed by atoms with van der Waals surface area (Å²) in [6, 6.07) is 1.98. The largest absolute Gasteiger partial charge is 0.384 e. The molecule has 1 fully saturated rings. The van der Waals surface area contributed by atoms with Gasteiger partial charge in [0.25, 0.3) is 0 Å². The molecule has 2 rings (SSSR count). The zero-order valence-electron chi connectivity index (χ0n) is 11.0. The van der Waals surface area contributed by atoms with Crippen LogP contribution in [0, 0.1) is 0 Å². The van der Waals surface area contributed by atoms with E-state index in [9.17, 15) is 0 Å².